The zero-order valence-corrected chi connectivity index (χ0v) is 18.2. The third kappa shape index (κ3) is 3.13. The number of hydrogen-bond acceptors (Lipinski definition) is 2. The van der Waals surface area contributed by atoms with E-state index in [1.54, 1.807) is 5.57 Å². The summed E-state index contributed by atoms with van der Waals surface area (Å²) in [5, 5.41) is 20.4. The Labute approximate surface area is 172 Å². The van der Waals surface area contributed by atoms with Gasteiger partial charge >= 0.3 is 0 Å². The summed E-state index contributed by atoms with van der Waals surface area (Å²) in [6.07, 6.45) is 18.7. The van der Waals surface area contributed by atoms with Gasteiger partial charge in [0.2, 0.25) is 0 Å². The lowest BCUT2D eigenvalue weighted by Crippen LogP contribution is -2.50. The Balaban J connectivity index is 1.27. The van der Waals surface area contributed by atoms with E-state index in [0.29, 0.717) is 16.7 Å². The number of allylic oxidation sites excluding steroid dienone is 1. The first-order valence-corrected chi connectivity index (χ1v) is 12.5. The number of hydrogen-bond donors (Lipinski definition) is 2. The van der Waals surface area contributed by atoms with E-state index in [4.69, 9.17) is 0 Å². The third-order valence-corrected chi connectivity index (χ3v) is 10.5. The van der Waals surface area contributed by atoms with Crippen molar-refractivity contribution in [2.24, 2.45) is 40.4 Å². The molecule has 0 saturated heterocycles. The maximum absolute atomic E-state index is 10.2. The fourth-order valence-corrected chi connectivity index (χ4v) is 8.51. The second-order valence-corrected chi connectivity index (χ2v) is 11.8. The molecule has 2 heteroatoms. The zero-order chi connectivity index (χ0) is 19.5. The van der Waals surface area contributed by atoms with Crippen molar-refractivity contribution in [1.29, 1.82) is 0 Å². The van der Waals surface area contributed by atoms with Gasteiger partial charge in [0.25, 0.3) is 0 Å². The van der Waals surface area contributed by atoms with Crippen LogP contribution >= 0.6 is 0 Å². The van der Waals surface area contributed by atoms with E-state index in [0.717, 1.165) is 42.9 Å². The fourth-order valence-electron chi connectivity index (χ4n) is 8.51. The van der Waals surface area contributed by atoms with Crippen molar-refractivity contribution in [3.63, 3.8) is 0 Å². The van der Waals surface area contributed by atoms with E-state index >= 15 is 0 Å². The van der Waals surface area contributed by atoms with E-state index in [1.165, 1.54) is 64.2 Å². The maximum atomic E-state index is 10.2. The molecule has 0 bridgehead atoms. The largest absolute Gasteiger partial charge is 0.393 e. The molecule has 158 valence electrons. The van der Waals surface area contributed by atoms with Gasteiger partial charge < -0.3 is 10.2 Å². The Morgan fingerprint density at radius 1 is 1.04 bits per heavy atom. The van der Waals surface area contributed by atoms with Crippen molar-refractivity contribution in [3.8, 4) is 0 Å². The van der Waals surface area contributed by atoms with Crippen molar-refractivity contribution < 1.29 is 10.2 Å². The summed E-state index contributed by atoms with van der Waals surface area (Å²) >= 11 is 0. The molecule has 0 aromatic heterocycles. The molecule has 2 nitrogen and oxygen atoms in total. The Morgan fingerprint density at radius 2 is 1.86 bits per heavy atom. The topological polar surface area (TPSA) is 40.5 Å². The molecule has 5 aliphatic carbocycles. The molecule has 4 fully saturated rings. The number of aliphatic hydroxyl groups excluding tert-OH is 2. The zero-order valence-electron chi connectivity index (χ0n) is 18.2. The SMILES string of the molecule is CC12CCC(O)CC1=CCC1C2CCC2(C)C(CCCC(O)C3CC3)CCC12. The molecular formula is C26H42O2. The van der Waals surface area contributed by atoms with Crippen molar-refractivity contribution >= 4 is 0 Å². The van der Waals surface area contributed by atoms with Crippen LogP contribution in [0.15, 0.2) is 11.6 Å². The first-order valence-electron chi connectivity index (χ1n) is 12.5. The Kier molecular flexibility index (Phi) is 4.99. The Morgan fingerprint density at radius 3 is 2.64 bits per heavy atom. The van der Waals surface area contributed by atoms with Gasteiger partial charge in [-0.15, -0.1) is 0 Å². The number of fused-ring (bicyclic) bond motifs is 5. The van der Waals surface area contributed by atoms with E-state index in [1.807, 2.05) is 0 Å². The van der Waals surface area contributed by atoms with Gasteiger partial charge in [0.05, 0.1) is 12.2 Å². The third-order valence-electron chi connectivity index (χ3n) is 10.5. The van der Waals surface area contributed by atoms with Crippen molar-refractivity contribution in [2.75, 3.05) is 0 Å². The maximum Gasteiger partial charge on any atom is 0.0577 e. The molecule has 5 aliphatic rings. The van der Waals surface area contributed by atoms with Gasteiger partial charge in [0, 0.05) is 0 Å². The van der Waals surface area contributed by atoms with Crippen molar-refractivity contribution in [3.05, 3.63) is 11.6 Å². The van der Waals surface area contributed by atoms with E-state index < -0.39 is 0 Å². The first kappa shape index (κ1) is 19.6. The normalized spacial score (nSPS) is 49.0. The van der Waals surface area contributed by atoms with Gasteiger partial charge in [0.15, 0.2) is 0 Å². The van der Waals surface area contributed by atoms with Crippen LogP contribution in [0.4, 0.5) is 0 Å². The average molecular weight is 387 g/mol. The molecular weight excluding hydrogens is 344 g/mol. The highest BCUT2D eigenvalue weighted by Gasteiger charge is 2.58. The highest BCUT2D eigenvalue weighted by Crippen LogP contribution is 2.66. The predicted molar refractivity (Wildman–Crippen MR) is 114 cm³/mol. The molecule has 8 unspecified atom stereocenters. The highest BCUT2D eigenvalue weighted by molar-refractivity contribution is 5.25. The molecule has 0 aliphatic heterocycles. The summed E-state index contributed by atoms with van der Waals surface area (Å²) in [5.41, 5.74) is 2.51. The monoisotopic (exact) mass is 386 g/mol. The summed E-state index contributed by atoms with van der Waals surface area (Å²) in [4.78, 5) is 0. The molecule has 0 aromatic carbocycles. The first-order chi connectivity index (χ1) is 13.4. The van der Waals surface area contributed by atoms with Gasteiger partial charge in [-0.3, -0.25) is 0 Å². The molecule has 8 atom stereocenters. The van der Waals surface area contributed by atoms with Crippen LogP contribution in [-0.4, -0.2) is 22.4 Å². The molecule has 0 heterocycles. The molecule has 2 N–H and O–H groups in total. The lowest BCUT2D eigenvalue weighted by Gasteiger charge is -2.58. The quantitative estimate of drug-likeness (QED) is 0.580. The molecule has 0 aromatic rings. The van der Waals surface area contributed by atoms with E-state index in [2.05, 4.69) is 19.9 Å². The van der Waals surface area contributed by atoms with Gasteiger partial charge in [-0.05, 0) is 117 Å². The van der Waals surface area contributed by atoms with Crippen LogP contribution in [0.25, 0.3) is 0 Å². The van der Waals surface area contributed by atoms with Gasteiger partial charge in [-0.2, -0.15) is 0 Å². The van der Waals surface area contributed by atoms with Crippen LogP contribution in [0.2, 0.25) is 0 Å². The van der Waals surface area contributed by atoms with Crippen molar-refractivity contribution in [1.82, 2.24) is 0 Å². The van der Waals surface area contributed by atoms with Crippen LogP contribution in [-0.2, 0) is 0 Å². The van der Waals surface area contributed by atoms with Gasteiger partial charge in [-0.1, -0.05) is 31.9 Å². The minimum absolute atomic E-state index is 0.00996. The standard InChI is InChI=1S/C26H42O2/c1-25-15-13-23-21(10-8-19-16-20(27)12-14-26(19,23)2)22(25)11-9-18(25)4-3-5-24(28)17-6-7-17/h8,17-18,20-24,27-28H,3-7,9-16H2,1-2H3. The second kappa shape index (κ2) is 7.12. The lowest BCUT2D eigenvalue weighted by atomic mass is 9.47. The van der Waals surface area contributed by atoms with E-state index in [9.17, 15) is 10.2 Å². The fraction of sp³-hybridized carbons (Fsp3) is 0.923. The average Bonchev–Trinajstić information content (AvgIpc) is 3.46. The van der Waals surface area contributed by atoms with Crippen LogP contribution < -0.4 is 0 Å². The minimum atomic E-state index is -0.0911. The van der Waals surface area contributed by atoms with Gasteiger partial charge in [0.1, 0.15) is 0 Å². The summed E-state index contributed by atoms with van der Waals surface area (Å²) in [5.74, 6) is 4.17. The van der Waals surface area contributed by atoms with E-state index in [-0.39, 0.29) is 12.2 Å². The lowest BCUT2D eigenvalue weighted by molar-refractivity contribution is -0.0511. The van der Waals surface area contributed by atoms with Crippen LogP contribution in [0, 0.1) is 40.4 Å². The van der Waals surface area contributed by atoms with Crippen molar-refractivity contribution in [2.45, 2.75) is 110 Å². The summed E-state index contributed by atoms with van der Waals surface area (Å²) < 4.78 is 0. The molecule has 0 radical (unpaired) electrons. The Bertz CT molecular complexity index is 622. The molecule has 28 heavy (non-hydrogen) atoms. The van der Waals surface area contributed by atoms with Crippen LogP contribution in [0.5, 0.6) is 0 Å². The Hall–Kier alpha value is -0.340. The van der Waals surface area contributed by atoms with Crippen LogP contribution in [0.1, 0.15) is 97.3 Å². The molecule has 4 saturated carbocycles. The number of aliphatic hydroxyl groups is 2. The minimum Gasteiger partial charge on any atom is -0.393 e. The smallest absolute Gasteiger partial charge is 0.0577 e. The van der Waals surface area contributed by atoms with Crippen LogP contribution in [0.3, 0.4) is 0 Å². The summed E-state index contributed by atoms with van der Waals surface area (Å²) in [6, 6.07) is 0. The predicted octanol–water partition coefficient (Wildman–Crippen LogP) is 5.87. The number of rotatable bonds is 5. The molecule has 0 spiro atoms. The molecule has 5 rings (SSSR count). The second-order valence-electron chi connectivity index (χ2n) is 11.8. The summed E-state index contributed by atoms with van der Waals surface area (Å²) in [7, 11) is 0. The molecule has 0 amide bonds. The highest BCUT2D eigenvalue weighted by atomic mass is 16.3. The summed E-state index contributed by atoms with van der Waals surface area (Å²) in [6.45, 7) is 5.17. The van der Waals surface area contributed by atoms with Gasteiger partial charge in [-0.25, -0.2) is 0 Å².